The van der Waals surface area contributed by atoms with E-state index in [-0.39, 0.29) is 0 Å². The van der Waals surface area contributed by atoms with Gasteiger partial charge in [0.25, 0.3) is 0 Å². The molecule has 1 atom stereocenters. The summed E-state index contributed by atoms with van der Waals surface area (Å²) in [4.78, 5) is -0.562. The lowest BCUT2D eigenvalue weighted by Crippen LogP contribution is -2.63. The van der Waals surface area contributed by atoms with Crippen molar-refractivity contribution >= 4 is 34.4 Å². The van der Waals surface area contributed by atoms with Crippen LogP contribution in [0.2, 0.25) is 0 Å². The zero-order valence-corrected chi connectivity index (χ0v) is 8.49. The molecule has 0 spiro atoms. The Morgan fingerprint density at radius 1 is 1.33 bits per heavy atom. The van der Waals surface area contributed by atoms with Gasteiger partial charge in [-0.2, -0.15) is 0 Å². The molecule has 0 aromatic carbocycles. The molecule has 6 N–H and O–H groups in total. The van der Waals surface area contributed by atoms with Crippen molar-refractivity contribution in [1.29, 1.82) is 0 Å². The summed E-state index contributed by atoms with van der Waals surface area (Å²) in [5.74, 6) is 0. The lowest BCUT2D eigenvalue weighted by Gasteiger charge is -2.34. The second-order valence-electron chi connectivity index (χ2n) is 2.08. The zero-order chi connectivity index (χ0) is 7.71. The third kappa shape index (κ3) is 2.58. The molecule has 0 fully saturated rings. The first kappa shape index (κ1) is 9.96. The summed E-state index contributed by atoms with van der Waals surface area (Å²) in [5, 5.41) is 0. The van der Waals surface area contributed by atoms with Crippen LogP contribution >= 0.6 is 34.4 Å². The number of halogens is 1. The first-order chi connectivity index (χ1) is 3.81. The smallest absolute Gasteiger partial charge is 0.145 e. The standard InChI is InChI=1S/C4H12IN3S/c1-3(6,9-2)4(5,7)8/h6-8H2,1-2H3. The highest BCUT2D eigenvalue weighted by molar-refractivity contribution is 14.1. The highest BCUT2D eigenvalue weighted by atomic mass is 127. The number of nitrogens with two attached hydrogens (primary N) is 3. The molecular weight excluding hydrogens is 249 g/mol. The van der Waals surface area contributed by atoms with Crippen molar-refractivity contribution in [3.8, 4) is 0 Å². The van der Waals surface area contributed by atoms with E-state index >= 15 is 0 Å². The van der Waals surface area contributed by atoms with E-state index in [1.165, 1.54) is 11.8 Å². The van der Waals surface area contributed by atoms with E-state index in [1.807, 2.05) is 35.8 Å². The Balaban J connectivity index is 4.14. The van der Waals surface area contributed by atoms with Crippen LogP contribution in [0.5, 0.6) is 0 Å². The summed E-state index contributed by atoms with van der Waals surface area (Å²) in [7, 11) is 0. The third-order valence-electron chi connectivity index (χ3n) is 1.18. The van der Waals surface area contributed by atoms with Crippen LogP contribution in [0.3, 0.4) is 0 Å². The molecule has 0 saturated carbocycles. The van der Waals surface area contributed by atoms with Crippen LogP contribution in [0.4, 0.5) is 0 Å². The second kappa shape index (κ2) is 2.91. The van der Waals surface area contributed by atoms with Crippen LogP contribution in [-0.2, 0) is 0 Å². The summed E-state index contributed by atoms with van der Waals surface area (Å²) in [6.45, 7) is 1.81. The third-order valence-corrected chi connectivity index (χ3v) is 3.86. The van der Waals surface area contributed by atoms with Crippen molar-refractivity contribution in [2.24, 2.45) is 17.2 Å². The molecule has 9 heavy (non-hydrogen) atoms. The maximum atomic E-state index is 5.70. The summed E-state index contributed by atoms with van der Waals surface area (Å²) in [5.41, 5.74) is 16.8. The van der Waals surface area contributed by atoms with Gasteiger partial charge >= 0.3 is 0 Å². The minimum absolute atomic E-state index is 0.562. The van der Waals surface area contributed by atoms with Gasteiger partial charge in [0.05, 0.1) is 4.87 Å². The summed E-state index contributed by atoms with van der Waals surface area (Å²) >= 11 is 3.38. The number of hydrogen-bond acceptors (Lipinski definition) is 4. The van der Waals surface area contributed by atoms with E-state index in [4.69, 9.17) is 17.2 Å². The average Bonchev–Trinajstić information content (AvgIpc) is 1.64. The quantitative estimate of drug-likeness (QED) is 0.283. The largest absolute Gasteiger partial charge is 0.314 e. The highest BCUT2D eigenvalue weighted by Crippen LogP contribution is 2.27. The minimum atomic E-state index is -0.843. The molecule has 0 rings (SSSR count). The second-order valence-corrected chi connectivity index (χ2v) is 5.12. The van der Waals surface area contributed by atoms with E-state index in [1.54, 1.807) is 0 Å². The van der Waals surface area contributed by atoms with E-state index in [9.17, 15) is 0 Å². The van der Waals surface area contributed by atoms with Crippen molar-refractivity contribution in [2.45, 2.75) is 15.5 Å². The molecule has 0 aliphatic heterocycles. The molecule has 1 unspecified atom stereocenters. The van der Waals surface area contributed by atoms with Gasteiger partial charge in [-0.15, -0.1) is 11.8 Å². The molecule has 0 amide bonds. The van der Waals surface area contributed by atoms with Crippen LogP contribution < -0.4 is 17.2 Å². The fraction of sp³-hybridized carbons (Fsp3) is 1.00. The lowest BCUT2D eigenvalue weighted by molar-refractivity contribution is 0.512. The predicted molar refractivity (Wildman–Crippen MR) is 51.2 cm³/mol. The van der Waals surface area contributed by atoms with Gasteiger partial charge in [-0.1, -0.05) is 0 Å². The van der Waals surface area contributed by atoms with Crippen molar-refractivity contribution < 1.29 is 0 Å². The van der Waals surface area contributed by atoms with E-state index < -0.39 is 8.54 Å². The van der Waals surface area contributed by atoms with Gasteiger partial charge in [0.2, 0.25) is 0 Å². The molecule has 0 saturated heterocycles. The molecule has 0 aromatic rings. The normalized spacial score (nSPS) is 19.3. The fourth-order valence-corrected chi connectivity index (χ4v) is 1.13. The van der Waals surface area contributed by atoms with Gasteiger partial charge in [-0.05, 0) is 35.8 Å². The van der Waals surface area contributed by atoms with Crippen LogP contribution in [0.15, 0.2) is 0 Å². The van der Waals surface area contributed by atoms with Crippen molar-refractivity contribution in [3.05, 3.63) is 0 Å². The highest BCUT2D eigenvalue weighted by Gasteiger charge is 2.35. The summed E-state index contributed by atoms with van der Waals surface area (Å²) in [6.07, 6.45) is 1.88. The van der Waals surface area contributed by atoms with Crippen LogP contribution in [0, 0.1) is 0 Å². The zero-order valence-electron chi connectivity index (χ0n) is 5.52. The van der Waals surface area contributed by atoms with Crippen molar-refractivity contribution in [3.63, 3.8) is 0 Å². The molecule has 56 valence electrons. The molecule has 0 bridgehead atoms. The monoisotopic (exact) mass is 261 g/mol. The van der Waals surface area contributed by atoms with Crippen molar-refractivity contribution in [1.82, 2.24) is 0 Å². The van der Waals surface area contributed by atoms with Gasteiger partial charge in [-0.3, -0.25) is 0 Å². The first-order valence-corrected chi connectivity index (χ1v) is 4.72. The number of hydrogen-bond donors (Lipinski definition) is 3. The Kier molecular flexibility index (Phi) is 3.22. The maximum absolute atomic E-state index is 5.70. The number of alkyl halides is 1. The Bertz CT molecular complexity index is 98.5. The number of rotatable bonds is 2. The molecule has 0 heterocycles. The molecular formula is C4H12IN3S. The van der Waals surface area contributed by atoms with E-state index in [0.717, 1.165) is 0 Å². The van der Waals surface area contributed by atoms with Crippen LogP contribution in [0.25, 0.3) is 0 Å². The Hall–Kier alpha value is 0.960. The van der Waals surface area contributed by atoms with Gasteiger partial charge in [-0.25, -0.2) is 0 Å². The Morgan fingerprint density at radius 2 is 1.67 bits per heavy atom. The fourth-order valence-electron chi connectivity index (χ4n) is 0.156. The first-order valence-electron chi connectivity index (χ1n) is 2.42. The Morgan fingerprint density at radius 3 is 1.67 bits per heavy atom. The van der Waals surface area contributed by atoms with Crippen LogP contribution in [0.1, 0.15) is 6.92 Å². The summed E-state index contributed by atoms with van der Waals surface area (Å²) < 4.78 is -0.843. The van der Waals surface area contributed by atoms with Gasteiger partial charge in [0, 0.05) is 0 Å². The molecule has 3 nitrogen and oxygen atoms in total. The lowest BCUT2D eigenvalue weighted by atomic mass is 10.3. The maximum Gasteiger partial charge on any atom is 0.145 e. The molecule has 0 aliphatic rings. The van der Waals surface area contributed by atoms with E-state index in [2.05, 4.69) is 0 Å². The van der Waals surface area contributed by atoms with E-state index in [0.29, 0.717) is 0 Å². The Labute approximate surface area is 73.2 Å². The SMILES string of the molecule is CSC(C)(N)C(N)(N)I. The van der Waals surface area contributed by atoms with Gasteiger partial charge in [0.15, 0.2) is 0 Å². The topological polar surface area (TPSA) is 78.1 Å². The van der Waals surface area contributed by atoms with Crippen LogP contribution in [-0.4, -0.2) is 14.8 Å². The molecule has 0 aromatic heterocycles. The molecule has 5 heteroatoms. The number of thioether (sulfide) groups is 1. The molecule has 0 radical (unpaired) electrons. The van der Waals surface area contributed by atoms with Gasteiger partial charge in [0.1, 0.15) is 3.67 Å². The minimum Gasteiger partial charge on any atom is -0.314 e. The van der Waals surface area contributed by atoms with Gasteiger partial charge < -0.3 is 17.2 Å². The molecule has 0 aliphatic carbocycles. The average molecular weight is 261 g/mol. The summed E-state index contributed by atoms with van der Waals surface area (Å²) in [6, 6.07) is 0. The predicted octanol–water partition coefficient (Wildman–Crippen LogP) is 0.0305. The van der Waals surface area contributed by atoms with Crippen molar-refractivity contribution in [2.75, 3.05) is 6.26 Å².